The van der Waals surface area contributed by atoms with E-state index in [0.717, 1.165) is 12.8 Å². The number of esters is 1. The standard InChI is InChI=1S/C18H26Cl2O3/c1-2-3-4-5-6-10-13-22-17(21)14-16(18(19)20)23-15-11-8-7-9-12-15/h7-9,11-12,16,18H,2-6,10,13-14H2,1H3. The Labute approximate surface area is 149 Å². The summed E-state index contributed by atoms with van der Waals surface area (Å²) in [7, 11) is 0. The summed E-state index contributed by atoms with van der Waals surface area (Å²) in [6.07, 6.45) is 6.35. The summed E-state index contributed by atoms with van der Waals surface area (Å²) in [6, 6.07) is 9.17. The Hall–Kier alpha value is -0.930. The zero-order valence-electron chi connectivity index (χ0n) is 13.7. The van der Waals surface area contributed by atoms with Gasteiger partial charge in [-0.15, -0.1) is 23.2 Å². The van der Waals surface area contributed by atoms with Crippen LogP contribution in [0, 0.1) is 0 Å². The molecule has 3 nitrogen and oxygen atoms in total. The quantitative estimate of drug-likeness (QED) is 0.279. The van der Waals surface area contributed by atoms with E-state index in [-0.39, 0.29) is 12.4 Å². The van der Waals surface area contributed by atoms with Gasteiger partial charge in [-0.05, 0) is 18.6 Å². The number of ether oxygens (including phenoxy) is 2. The summed E-state index contributed by atoms with van der Waals surface area (Å²) in [6.45, 7) is 2.63. The first-order chi connectivity index (χ1) is 11.1. The Balaban J connectivity index is 2.24. The summed E-state index contributed by atoms with van der Waals surface area (Å²) >= 11 is 11.8. The zero-order valence-corrected chi connectivity index (χ0v) is 15.2. The molecule has 1 aromatic carbocycles. The van der Waals surface area contributed by atoms with E-state index in [0.29, 0.717) is 12.4 Å². The minimum absolute atomic E-state index is 0.0440. The molecule has 23 heavy (non-hydrogen) atoms. The molecule has 1 atom stereocenters. The maximum Gasteiger partial charge on any atom is 0.309 e. The zero-order chi connectivity index (χ0) is 16.9. The lowest BCUT2D eigenvalue weighted by atomic mass is 10.1. The first kappa shape index (κ1) is 20.1. The van der Waals surface area contributed by atoms with E-state index in [1.165, 1.54) is 25.7 Å². The van der Waals surface area contributed by atoms with Gasteiger partial charge in [0.25, 0.3) is 0 Å². The molecule has 1 aromatic rings. The molecule has 130 valence electrons. The van der Waals surface area contributed by atoms with Gasteiger partial charge in [0.05, 0.1) is 13.0 Å². The molecule has 0 aliphatic heterocycles. The number of hydrogen-bond donors (Lipinski definition) is 0. The van der Waals surface area contributed by atoms with Crippen LogP contribution in [-0.4, -0.2) is 23.5 Å². The molecule has 1 rings (SSSR count). The molecule has 0 N–H and O–H groups in total. The number of benzene rings is 1. The summed E-state index contributed by atoms with van der Waals surface area (Å²) in [5, 5.41) is 0. The normalized spacial score (nSPS) is 12.2. The fourth-order valence-corrected chi connectivity index (χ4v) is 2.43. The summed E-state index contributed by atoms with van der Waals surface area (Å²) in [4.78, 5) is 11.1. The lowest BCUT2D eigenvalue weighted by Gasteiger charge is -2.19. The van der Waals surface area contributed by atoms with Crippen LogP contribution in [0.1, 0.15) is 51.9 Å². The fraction of sp³-hybridized carbons (Fsp3) is 0.611. The van der Waals surface area contributed by atoms with Crippen LogP contribution in [0.3, 0.4) is 0 Å². The number of unbranched alkanes of at least 4 members (excludes halogenated alkanes) is 5. The molecule has 0 bridgehead atoms. The molecule has 0 fully saturated rings. The Morgan fingerprint density at radius 1 is 1.04 bits per heavy atom. The first-order valence-electron chi connectivity index (χ1n) is 8.29. The van der Waals surface area contributed by atoms with E-state index in [1.54, 1.807) is 12.1 Å². The van der Waals surface area contributed by atoms with Crippen molar-refractivity contribution in [1.82, 2.24) is 0 Å². The van der Waals surface area contributed by atoms with Gasteiger partial charge in [-0.2, -0.15) is 0 Å². The molecule has 0 spiro atoms. The average molecular weight is 361 g/mol. The molecule has 0 aliphatic carbocycles. The second-order valence-corrected chi connectivity index (χ2v) is 6.66. The van der Waals surface area contributed by atoms with Crippen molar-refractivity contribution in [2.75, 3.05) is 6.61 Å². The van der Waals surface area contributed by atoms with Crippen molar-refractivity contribution in [3.8, 4) is 5.75 Å². The van der Waals surface area contributed by atoms with Crippen molar-refractivity contribution in [3.05, 3.63) is 30.3 Å². The third-order valence-corrected chi connectivity index (χ3v) is 4.00. The van der Waals surface area contributed by atoms with Gasteiger partial charge >= 0.3 is 5.97 Å². The number of alkyl halides is 2. The fourth-order valence-electron chi connectivity index (χ4n) is 2.15. The van der Waals surface area contributed by atoms with E-state index in [4.69, 9.17) is 32.7 Å². The van der Waals surface area contributed by atoms with Gasteiger partial charge in [0.2, 0.25) is 0 Å². The minimum Gasteiger partial charge on any atom is -0.487 e. The van der Waals surface area contributed by atoms with Gasteiger partial charge in [-0.3, -0.25) is 4.79 Å². The van der Waals surface area contributed by atoms with Crippen LogP contribution in [0.5, 0.6) is 5.75 Å². The van der Waals surface area contributed by atoms with Gasteiger partial charge in [0.1, 0.15) is 16.7 Å². The maximum absolute atomic E-state index is 11.9. The maximum atomic E-state index is 11.9. The molecule has 0 aliphatic rings. The Kier molecular flexibility index (Phi) is 10.9. The number of hydrogen-bond acceptors (Lipinski definition) is 3. The Morgan fingerprint density at radius 2 is 1.70 bits per heavy atom. The van der Waals surface area contributed by atoms with E-state index < -0.39 is 10.9 Å². The van der Waals surface area contributed by atoms with Crippen molar-refractivity contribution in [2.24, 2.45) is 0 Å². The molecule has 0 radical (unpaired) electrons. The van der Waals surface area contributed by atoms with Crippen molar-refractivity contribution in [3.63, 3.8) is 0 Å². The minimum atomic E-state index is -0.795. The molecule has 1 unspecified atom stereocenters. The van der Waals surface area contributed by atoms with Crippen molar-refractivity contribution in [2.45, 2.75) is 62.8 Å². The second-order valence-electron chi connectivity index (χ2n) is 5.50. The highest BCUT2D eigenvalue weighted by atomic mass is 35.5. The van der Waals surface area contributed by atoms with Gasteiger partial charge in [0, 0.05) is 0 Å². The van der Waals surface area contributed by atoms with E-state index in [2.05, 4.69) is 6.92 Å². The largest absolute Gasteiger partial charge is 0.487 e. The predicted octanol–water partition coefficient (Wildman–Crippen LogP) is 5.53. The Bertz CT molecular complexity index is 424. The predicted molar refractivity (Wildman–Crippen MR) is 95.3 cm³/mol. The molecular formula is C18H26Cl2O3. The van der Waals surface area contributed by atoms with Gasteiger partial charge in [-0.1, -0.05) is 57.2 Å². The van der Waals surface area contributed by atoms with Gasteiger partial charge < -0.3 is 9.47 Å². The third kappa shape index (κ3) is 9.72. The molecule has 0 heterocycles. The molecule has 0 saturated carbocycles. The highest BCUT2D eigenvalue weighted by molar-refractivity contribution is 6.44. The Morgan fingerprint density at radius 3 is 2.35 bits per heavy atom. The monoisotopic (exact) mass is 360 g/mol. The molecule has 0 saturated heterocycles. The smallest absolute Gasteiger partial charge is 0.309 e. The van der Waals surface area contributed by atoms with Crippen molar-refractivity contribution in [1.29, 1.82) is 0 Å². The number of carbonyl (C=O) groups excluding carboxylic acids is 1. The summed E-state index contributed by atoms with van der Waals surface area (Å²) < 4.78 is 10.9. The van der Waals surface area contributed by atoms with Crippen LogP contribution in [0.15, 0.2) is 30.3 Å². The van der Waals surface area contributed by atoms with Crippen molar-refractivity contribution >= 4 is 29.2 Å². The lowest BCUT2D eigenvalue weighted by molar-refractivity contribution is -0.145. The molecule has 5 heteroatoms. The van der Waals surface area contributed by atoms with Crippen LogP contribution >= 0.6 is 23.2 Å². The van der Waals surface area contributed by atoms with E-state index >= 15 is 0 Å². The summed E-state index contributed by atoms with van der Waals surface area (Å²) in [5.41, 5.74) is 0. The SMILES string of the molecule is CCCCCCCCOC(=O)CC(Oc1ccccc1)C(Cl)Cl. The highest BCUT2D eigenvalue weighted by Crippen LogP contribution is 2.20. The first-order valence-corrected chi connectivity index (χ1v) is 9.16. The van der Waals surface area contributed by atoms with E-state index in [9.17, 15) is 4.79 Å². The molecule has 0 amide bonds. The number of carbonyl (C=O) groups is 1. The molecule has 0 aromatic heterocycles. The van der Waals surface area contributed by atoms with E-state index in [1.807, 2.05) is 18.2 Å². The van der Waals surface area contributed by atoms with Gasteiger partial charge in [0.15, 0.2) is 0 Å². The lowest BCUT2D eigenvalue weighted by Crippen LogP contribution is -2.28. The number of halogens is 2. The van der Waals surface area contributed by atoms with Crippen LogP contribution in [0.25, 0.3) is 0 Å². The van der Waals surface area contributed by atoms with Crippen LogP contribution < -0.4 is 4.74 Å². The highest BCUT2D eigenvalue weighted by Gasteiger charge is 2.23. The van der Waals surface area contributed by atoms with Gasteiger partial charge in [-0.25, -0.2) is 0 Å². The average Bonchev–Trinajstić information content (AvgIpc) is 2.54. The topological polar surface area (TPSA) is 35.5 Å². The van der Waals surface area contributed by atoms with Crippen molar-refractivity contribution < 1.29 is 14.3 Å². The molecular weight excluding hydrogens is 335 g/mol. The second kappa shape index (κ2) is 12.5. The van der Waals surface area contributed by atoms with Crippen LogP contribution in [-0.2, 0) is 9.53 Å². The van der Waals surface area contributed by atoms with Crippen LogP contribution in [0.2, 0.25) is 0 Å². The third-order valence-electron chi connectivity index (χ3n) is 3.44. The van der Waals surface area contributed by atoms with Crippen LogP contribution in [0.4, 0.5) is 0 Å². The summed E-state index contributed by atoms with van der Waals surface area (Å²) in [5.74, 6) is 0.304. The number of para-hydroxylation sites is 1. The number of rotatable bonds is 12.